The smallest absolute Gasteiger partial charge is 0.412 e. The van der Waals surface area contributed by atoms with Crippen molar-refractivity contribution in [1.29, 1.82) is 5.26 Å². The van der Waals surface area contributed by atoms with Gasteiger partial charge >= 0.3 is 6.09 Å². The Bertz CT molecular complexity index is 1420. The van der Waals surface area contributed by atoms with E-state index in [0.717, 1.165) is 38.4 Å². The van der Waals surface area contributed by atoms with Crippen molar-refractivity contribution in [2.45, 2.75) is 39.2 Å². The summed E-state index contributed by atoms with van der Waals surface area (Å²) >= 11 is 1.32. The Hall–Kier alpha value is -4.28. The van der Waals surface area contributed by atoms with E-state index in [4.69, 9.17) is 10.00 Å². The molecule has 0 bridgehead atoms. The topological polar surface area (TPSA) is 92.1 Å². The van der Waals surface area contributed by atoms with E-state index in [-0.39, 0.29) is 6.10 Å². The van der Waals surface area contributed by atoms with Crippen molar-refractivity contribution in [3.8, 4) is 27.6 Å². The highest BCUT2D eigenvalue weighted by atomic mass is 32.1. The maximum Gasteiger partial charge on any atom is 0.412 e. The third kappa shape index (κ3) is 5.93. The first-order valence-electron chi connectivity index (χ1n) is 12.0. The molecule has 1 heterocycles. The number of Topliss-reactive ketones (excluding diaryl/α,β-unsaturated/α-hetero) is 1. The summed E-state index contributed by atoms with van der Waals surface area (Å²) in [5.41, 5.74) is 6.08. The minimum absolute atomic E-state index is 0.382. The summed E-state index contributed by atoms with van der Waals surface area (Å²) in [6.45, 7) is 5.59. The molecule has 7 heteroatoms. The van der Waals surface area contributed by atoms with Crippen molar-refractivity contribution < 1.29 is 14.3 Å². The monoisotopic (exact) mass is 509 g/mol. The van der Waals surface area contributed by atoms with Gasteiger partial charge in [-0.3, -0.25) is 10.1 Å². The van der Waals surface area contributed by atoms with Gasteiger partial charge in [-0.15, -0.1) is 0 Å². The zero-order valence-corrected chi connectivity index (χ0v) is 21.7. The molecule has 0 saturated heterocycles. The van der Waals surface area contributed by atoms with Crippen LogP contribution in [0.25, 0.3) is 21.6 Å². The number of hydrogen-bond donors (Lipinski definition) is 1. The van der Waals surface area contributed by atoms with Gasteiger partial charge in [0.1, 0.15) is 12.2 Å². The van der Waals surface area contributed by atoms with Gasteiger partial charge in [-0.1, -0.05) is 85.8 Å². The van der Waals surface area contributed by atoms with Crippen LogP contribution in [0.15, 0.2) is 78.9 Å². The first kappa shape index (κ1) is 25.8. The van der Waals surface area contributed by atoms with Gasteiger partial charge in [0.15, 0.2) is 0 Å². The number of benzene rings is 3. The Labute approximate surface area is 220 Å². The Kier molecular flexibility index (Phi) is 8.11. The van der Waals surface area contributed by atoms with Gasteiger partial charge in [-0.05, 0) is 59.6 Å². The first-order chi connectivity index (χ1) is 17.9. The van der Waals surface area contributed by atoms with Gasteiger partial charge in [0, 0.05) is 0 Å². The molecule has 3 aromatic carbocycles. The average molecular weight is 510 g/mol. The molecule has 6 nitrogen and oxygen atoms in total. The van der Waals surface area contributed by atoms with Crippen LogP contribution in [0.4, 0.5) is 10.5 Å². The van der Waals surface area contributed by atoms with Gasteiger partial charge in [0.2, 0.25) is 5.78 Å². The third-order valence-electron chi connectivity index (χ3n) is 6.27. The Morgan fingerprint density at radius 2 is 1.54 bits per heavy atom. The average Bonchev–Trinajstić information content (AvgIpc) is 3.29. The van der Waals surface area contributed by atoms with Crippen LogP contribution >= 0.6 is 11.5 Å². The fourth-order valence-corrected chi connectivity index (χ4v) is 5.02. The molecule has 4 rings (SSSR count). The molecule has 0 aliphatic rings. The van der Waals surface area contributed by atoms with E-state index in [1.807, 2.05) is 99.6 Å². The van der Waals surface area contributed by atoms with Gasteiger partial charge in [-0.2, -0.15) is 9.64 Å². The molecular formula is C30H27N3O3S. The highest BCUT2D eigenvalue weighted by Crippen LogP contribution is 2.36. The fourth-order valence-electron chi connectivity index (χ4n) is 4.17. The summed E-state index contributed by atoms with van der Waals surface area (Å²) < 4.78 is 10.0. The van der Waals surface area contributed by atoms with Crippen molar-refractivity contribution in [2.75, 3.05) is 5.32 Å². The second kappa shape index (κ2) is 11.6. The standard InChI is InChI=1S/C30H27N3O3S/c1-4-26(27(34)18-31)24-14-10-22(11-15-24)23-12-16-25(17-13-23)29-28(19(2)33-37-29)32-30(35)36-20(3)21-8-6-5-7-9-21/h5-17,20,26H,4H2,1-3H3,(H,32,35). The van der Waals surface area contributed by atoms with Crippen molar-refractivity contribution in [3.05, 3.63) is 95.7 Å². The maximum atomic E-state index is 12.6. The number of rotatable bonds is 8. The Morgan fingerprint density at radius 3 is 2.14 bits per heavy atom. The number of aromatic nitrogens is 1. The van der Waals surface area contributed by atoms with E-state index >= 15 is 0 Å². The van der Waals surface area contributed by atoms with Crippen molar-refractivity contribution in [3.63, 3.8) is 0 Å². The van der Waals surface area contributed by atoms with E-state index in [1.54, 1.807) is 6.07 Å². The minimum atomic E-state index is -0.530. The number of carbonyl (C=O) groups excluding carboxylic acids is 2. The molecule has 37 heavy (non-hydrogen) atoms. The van der Waals surface area contributed by atoms with Crippen LogP contribution in [0.1, 0.15) is 49.1 Å². The summed E-state index contributed by atoms with van der Waals surface area (Å²) in [4.78, 5) is 25.4. The molecule has 2 unspecified atom stereocenters. The van der Waals surface area contributed by atoms with E-state index in [1.165, 1.54) is 11.5 Å². The normalized spacial score (nSPS) is 12.3. The number of aryl methyl sites for hydroxylation is 1. The van der Waals surface area contributed by atoms with Crippen LogP contribution in [-0.4, -0.2) is 16.3 Å². The molecule has 0 radical (unpaired) electrons. The maximum absolute atomic E-state index is 12.6. The molecule has 0 aliphatic heterocycles. The number of amides is 1. The van der Waals surface area contributed by atoms with Gasteiger partial charge < -0.3 is 4.74 Å². The van der Waals surface area contributed by atoms with Gasteiger partial charge in [0.05, 0.1) is 22.2 Å². The zero-order chi connectivity index (χ0) is 26.4. The quantitative estimate of drug-likeness (QED) is 0.246. The minimum Gasteiger partial charge on any atom is -0.441 e. The van der Waals surface area contributed by atoms with Crippen LogP contribution in [0, 0.1) is 18.3 Å². The van der Waals surface area contributed by atoms with Crippen molar-refractivity contribution in [1.82, 2.24) is 4.37 Å². The van der Waals surface area contributed by atoms with E-state index < -0.39 is 17.8 Å². The van der Waals surface area contributed by atoms with E-state index in [2.05, 4.69) is 9.69 Å². The van der Waals surface area contributed by atoms with Crippen molar-refractivity contribution in [2.24, 2.45) is 0 Å². The highest BCUT2D eigenvalue weighted by Gasteiger charge is 2.19. The number of nitrogens with zero attached hydrogens (tertiary/aromatic N) is 2. The zero-order valence-electron chi connectivity index (χ0n) is 20.9. The van der Waals surface area contributed by atoms with Gasteiger partial charge in [-0.25, -0.2) is 4.79 Å². The van der Waals surface area contributed by atoms with E-state index in [9.17, 15) is 9.59 Å². The number of hydrogen-bond acceptors (Lipinski definition) is 6. The lowest BCUT2D eigenvalue weighted by Gasteiger charge is -2.15. The van der Waals surface area contributed by atoms with Crippen molar-refractivity contribution >= 4 is 29.1 Å². The first-order valence-corrected chi connectivity index (χ1v) is 12.8. The molecule has 4 aromatic rings. The second-order valence-electron chi connectivity index (χ2n) is 8.69. The third-order valence-corrected chi connectivity index (χ3v) is 7.26. The molecular weight excluding hydrogens is 482 g/mol. The summed E-state index contributed by atoms with van der Waals surface area (Å²) in [5.74, 6) is -0.813. The lowest BCUT2D eigenvalue weighted by atomic mass is 9.91. The summed E-state index contributed by atoms with van der Waals surface area (Å²) in [5, 5.41) is 11.8. The lowest BCUT2D eigenvalue weighted by Crippen LogP contribution is -2.16. The number of anilines is 1. The number of carbonyl (C=O) groups is 2. The summed E-state index contributed by atoms with van der Waals surface area (Å²) in [6, 6.07) is 27.1. The number of ether oxygens (including phenoxy) is 1. The molecule has 0 saturated carbocycles. The number of nitriles is 1. The SMILES string of the molecule is CCC(C(=O)C#N)c1ccc(-c2ccc(-c3snc(C)c3NC(=O)OC(C)c3ccccc3)cc2)cc1. The molecule has 1 amide bonds. The molecule has 0 aliphatic carbocycles. The molecule has 2 atom stereocenters. The molecule has 0 fully saturated rings. The molecule has 186 valence electrons. The van der Waals surface area contributed by atoms with E-state index in [0.29, 0.717) is 12.1 Å². The predicted octanol–water partition coefficient (Wildman–Crippen LogP) is 7.68. The van der Waals surface area contributed by atoms with Crippen LogP contribution in [0.2, 0.25) is 0 Å². The number of nitrogens with one attached hydrogen (secondary N) is 1. The summed E-state index contributed by atoms with van der Waals surface area (Å²) in [7, 11) is 0. The fraction of sp³-hybridized carbons (Fsp3) is 0.200. The predicted molar refractivity (Wildman–Crippen MR) is 146 cm³/mol. The Balaban J connectivity index is 1.48. The largest absolute Gasteiger partial charge is 0.441 e. The molecule has 1 N–H and O–H groups in total. The Morgan fingerprint density at radius 1 is 0.946 bits per heavy atom. The second-order valence-corrected chi connectivity index (χ2v) is 9.46. The molecule has 1 aromatic heterocycles. The summed E-state index contributed by atoms with van der Waals surface area (Å²) in [6.07, 6.45) is -0.324. The van der Waals surface area contributed by atoms with Crippen LogP contribution in [0.5, 0.6) is 0 Å². The van der Waals surface area contributed by atoms with Gasteiger partial charge in [0.25, 0.3) is 0 Å². The number of ketones is 1. The van der Waals surface area contributed by atoms with Crippen LogP contribution < -0.4 is 5.32 Å². The van der Waals surface area contributed by atoms with Crippen LogP contribution in [-0.2, 0) is 9.53 Å². The highest BCUT2D eigenvalue weighted by molar-refractivity contribution is 7.10. The molecule has 0 spiro atoms. The van der Waals surface area contributed by atoms with Crippen LogP contribution in [0.3, 0.4) is 0 Å². The lowest BCUT2D eigenvalue weighted by molar-refractivity contribution is -0.115.